The Morgan fingerprint density at radius 2 is 2.15 bits per heavy atom. The van der Waals surface area contributed by atoms with Crippen LogP contribution < -0.4 is 0 Å². The van der Waals surface area contributed by atoms with E-state index >= 15 is 0 Å². The number of rotatable bonds is 3. The van der Waals surface area contributed by atoms with Gasteiger partial charge in [-0.1, -0.05) is 12.0 Å². The van der Waals surface area contributed by atoms with Gasteiger partial charge in [-0.2, -0.15) is 0 Å². The van der Waals surface area contributed by atoms with E-state index in [0.29, 0.717) is 11.1 Å². The fraction of sp³-hybridized carbons (Fsp3) is 0.375. The zero-order valence-corrected chi connectivity index (χ0v) is 11.8. The van der Waals surface area contributed by atoms with Crippen molar-refractivity contribution >= 4 is 11.8 Å². The van der Waals surface area contributed by atoms with Crippen LogP contribution in [0.5, 0.6) is 0 Å². The lowest BCUT2D eigenvalue weighted by Crippen LogP contribution is -2.49. The molecule has 0 saturated carbocycles. The van der Waals surface area contributed by atoms with E-state index < -0.39 is 17.0 Å². The van der Waals surface area contributed by atoms with Crippen molar-refractivity contribution in [3.8, 4) is 12.3 Å². The molecule has 4 heteroatoms. The van der Waals surface area contributed by atoms with Gasteiger partial charge in [0.25, 0.3) is 0 Å². The zero-order chi connectivity index (χ0) is 15.6. The normalized spacial score (nSPS) is 31.1. The molecule has 0 radical (unpaired) electrons. The molecule has 0 heterocycles. The summed E-state index contributed by atoms with van der Waals surface area (Å²) >= 11 is 0. The Kier molecular flexibility index (Phi) is 4.36. The van der Waals surface area contributed by atoms with Crippen LogP contribution in [-0.4, -0.2) is 27.6 Å². The first-order valence-corrected chi connectivity index (χ1v) is 6.17. The van der Waals surface area contributed by atoms with Crippen molar-refractivity contribution in [2.24, 2.45) is 5.41 Å². The Balaban J connectivity index is 3.27. The first kappa shape index (κ1) is 15.9. The molecule has 0 aliphatic heterocycles. The summed E-state index contributed by atoms with van der Waals surface area (Å²) in [5, 5.41) is 19.5. The predicted octanol–water partition coefficient (Wildman–Crippen LogP) is 1.86. The molecule has 0 aromatic heterocycles. The van der Waals surface area contributed by atoms with Crippen LogP contribution in [0.15, 0.2) is 35.5 Å². The first-order chi connectivity index (χ1) is 9.14. The van der Waals surface area contributed by atoms with Crippen molar-refractivity contribution in [2.75, 3.05) is 0 Å². The van der Waals surface area contributed by atoms with Crippen LogP contribution in [-0.2, 0) is 9.59 Å². The van der Waals surface area contributed by atoms with Gasteiger partial charge in [0.1, 0.15) is 5.60 Å². The topological polar surface area (TPSA) is 74.6 Å². The van der Waals surface area contributed by atoms with Crippen LogP contribution in [0.2, 0.25) is 0 Å². The Morgan fingerprint density at radius 1 is 1.55 bits per heavy atom. The summed E-state index contributed by atoms with van der Waals surface area (Å²) in [4.78, 5) is 22.2. The van der Waals surface area contributed by atoms with E-state index in [0.717, 1.165) is 6.08 Å². The molecule has 0 bridgehead atoms. The van der Waals surface area contributed by atoms with Crippen molar-refractivity contribution < 1.29 is 19.8 Å². The highest BCUT2D eigenvalue weighted by molar-refractivity contribution is 5.93. The summed E-state index contributed by atoms with van der Waals surface area (Å²) < 4.78 is 0. The second-order valence-corrected chi connectivity index (χ2v) is 5.27. The minimum atomic E-state index is -1.47. The van der Waals surface area contributed by atoms with Gasteiger partial charge in [-0.25, -0.2) is 4.79 Å². The van der Waals surface area contributed by atoms with E-state index in [9.17, 15) is 14.7 Å². The van der Waals surface area contributed by atoms with Gasteiger partial charge < -0.3 is 10.2 Å². The summed E-state index contributed by atoms with van der Waals surface area (Å²) in [6.07, 6.45) is 10.9. The molecule has 20 heavy (non-hydrogen) atoms. The fourth-order valence-corrected chi connectivity index (χ4v) is 2.29. The maximum atomic E-state index is 11.6. The van der Waals surface area contributed by atoms with E-state index in [1.165, 1.54) is 18.2 Å². The molecule has 0 aromatic carbocycles. The second-order valence-electron chi connectivity index (χ2n) is 5.27. The Labute approximate surface area is 118 Å². The summed E-state index contributed by atoms with van der Waals surface area (Å²) in [6, 6.07) is 0. The minimum absolute atomic E-state index is 0.0450. The molecule has 0 saturated heterocycles. The van der Waals surface area contributed by atoms with E-state index in [1.54, 1.807) is 20.8 Å². The van der Waals surface area contributed by atoms with Crippen molar-refractivity contribution in [2.45, 2.75) is 32.8 Å². The van der Waals surface area contributed by atoms with Gasteiger partial charge >= 0.3 is 5.97 Å². The van der Waals surface area contributed by atoms with Crippen molar-refractivity contribution in [3.63, 3.8) is 0 Å². The highest BCUT2D eigenvalue weighted by atomic mass is 16.4. The summed E-state index contributed by atoms with van der Waals surface area (Å²) in [5.74, 6) is 1.31. The molecule has 2 unspecified atom stereocenters. The number of hydrogen-bond donors (Lipinski definition) is 2. The maximum Gasteiger partial charge on any atom is 0.328 e. The second kappa shape index (κ2) is 5.48. The van der Waals surface area contributed by atoms with Crippen LogP contribution in [0.3, 0.4) is 0 Å². The summed E-state index contributed by atoms with van der Waals surface area (Å²) in [6.45, 7) is 4.88. The number of ketones is 1. The number of carboxylic acid groups (broad SMARTS) is 1. The number of carboxylic acids is 1. The molecule has 0 spiro atoms. The zero-order valence-electron chi connectivity index (χ0n) is 11.8. The number of hydrogen-bond acceptors (Lipinski definition) is 3. The molecule has 0 aromatic rings. The molecule has 106 valence electrons. The quantitative estimate of drug-likeness (QED) is 0.468. The highest BCUT2D eigenvalue weighted by Gasteiger charge is 2.49. The molecule has 0 amide bonds. The third kappa shape index (κ3) is 2.89. The lowest BCUT2D eigenvalue weighted by molar-refractivity contribution is -0.131. The number of terminal acetylenes is 1. The third-order valence-electron chi connectivity index (χ3n) is 3.60. The van der Waals surface area contributed by atoms with Gasteiger partial charge in [-0.3, -0.25) is 4.79 Å². The van der Waals surface area contributed by atoms with Crippen molar-refractivity contribution in [3.05, 3.63) is 35.5 Å². The standard InChI is InChI=1S/C16H18O4/c1-5-15(4)10-13(17)9-12(3)16(15,20)7-6-11(2)8-14(18)19/h1,6-9,20H,10H2,2-4H3,(H,18,19)/b7-6+,11-8-. The summed E-state index contributed by atoms with van der Waals surface area (Å²) in [5.41, 5.74) is -1.60. The molecule has 0 fully saturated rings. The van der Waals surface area contributed by atoms with Gasteiger partial charge in [0.2, 0.25) is 0 Å². The van der Waals surface area contributed by atoms with E-state index in [4.69, 9.17) is 11.5 Å². The molecule has 1 aliphatic rings. The van der Waals surface area contributed by atoms with Crippen LogP contribution in [0, 0.1) is 17.8 Å². The van der Waals surface area contributed by atoms with Crippen LogP contribution in [0.1, 0.15) is 27.2 Å². The maximum absolute atomic E-state index is 11.6. The Bertz CT molecular complexity index is 574. The lowest BCUT2D eigenvalue weighted by atomic mass is 9.64. The minimum Gasteiger partial charge on any atom is -0.478 e. The third-order valence-corrected chi connectivity index (χ3v) is 3.60. The number of carbonyl (C=O) groups excluding carboxylic acids is 1. The average Bonchev–Trinajstić information content (AvgIpc) is 2.33. The van der Waals surface area contributed by atoms with Gasteiger partial charge in [-0.05, 0) is 44.1 Å². The van der Waals surface area contributed by atoms with Gasteiger partial charge in [-0.15, -0.1) is 6.42 Å². The monoisotopic (exact) mass is 274 g/mol. The number of aliphatic hydroxyl groups is 1. The van der Waals surface area contributed by atoms with Crippen molar-refractivity contribution in [1.29, 1.82) is 0 Å². The summed E-state index contributed by atoms with van der Waals surface area (Å²) in [7, 11) is 0. The first-order valence-electron chi connectivity index (χ1n) is 6.17. The number of allylic oxidation sites excluding steroid dienone is 3. The SMILES string of the molecule is C#CC1(C)CC(=O)C=C(C)C1(O)/C=C/C(C)=C\C(=O)O. The highest BCUT2D eigenvalue weighted by Crippen LogP contribution is 2.44. The Hall–Kier alpha value is -2.12. The van der Waals surface area contributed by atoms with Crippen LogP contribution in [0.25, 0.3) is 0 Å². The molecule has 1 rings (SSSR count). The van der Waals surface area contributed by atoms with E-state index in [2.05, 4.69) is 5.92 Å². The van der Waals surface area contributed by atoms with E-state index in [-0.39, 0.29) is 12.2 Å². The largest absolute Gasteiger partial charge is 0.478 e. The molecular weight excluding hydrogens is 256 g/mol. The van der Waals surface area contributed by atoms with E-state index in [1.807, 2.05) is 0 Å². The smallest absolute Gasteiger partial charge is 0.328 e. The predicted molar refractivity (Wildman–Crippen MR) is 75.8 cm³/mol. The number of aliphatic carboxylic acids is 1. The molecule has 1 aliphatic carbocycles. The number of carbonyl (C=O) groups is 2. The lowest BCUT2D eigenvalue weighted by Gasteiger charge is -2.42. The fourth-order valence-electron chi connectivity index (χ4n) is 2.29. The van der Waals surface area contributed by atoms with Gasteiger partial charge in [0, 0.05) is 12.5 Å². The van der Waals surface area contributed by atoms with Gasteiger partial charge in [0.15, 0.2) is 5.78 Å². The van der Waals surface area contributed by atoms with Crippen LogP contribution in [0.4, 0.5) is 0 Å². The average molecular weight is 274 g/mol. The molecule has 4 nitrogen and oxygen atoms in total. The molecule has 2 N–H and O–H groups in total. The van der Waals surface area contributed by atoms with Gasteiger partial charge in [0.05, 0.1) is 5.41 Å². The Morgan fingerprint density at radius 3 is 2.65 bits per heavy atom. The van der Waals surface area contributed by atoms with Crippen LogP contribution >= 0.6 is 0 Å². The molecular formula is C16H18O4. The van der Waals surface area contributed by atoms with Crippen molar-refractivity contribution in [1.82, 2.24) is 0 Å². The molecule has 2 atom stereocenters.